The van der Waals surface area contributed by atoms with Crippen LogP contribution in [-0.2, 0) is 6.42 Å². The van der Waals surface area contributed by atoms with Crippen molar-refractivity contribution in [2.45, 2.75) is 32.7 Å². The van der Waals surface area contributed by atoms with Crippen LogP contribution in [0, 0.1) is 6.92 Å². The summed E-state index contributed by atoms with van der Waals surface area (Å²) in [5, 5.41) is 4.21. The number of carbonyl (C=O) groups excluding carboxylic acids is 1. The van der Waals surface area contributed by atoms with Crippen LogP contribution in [0.2, 0.25) is 0 Å². The second-order valence-corrected chi connectivity index (χ2v) is 9.18. The van der Waals surface area contributed by atoms with Gasteiger partial charge in [0.25, 0.3) is 5.91 Å². The highest BCUT2D eigenvalue weighted by Crippen LogP contribution is 2.29. The second kappa shape index (κ2) is 8.34. The molecular weight excluding hydrogens is 368 g/mol. The van der Waals surface area contributed by atoms with E-state index in [-0.39, 0.29) is 11.9 Å². The van der Waals surface area contributed by atoms with Crippen LogP contribution in [0.1, 0.15) is 44.5 Å². The number of rotatable bonds is 7. The van der Waals surface area contributed by atoms with Crippen molar-refractivity contribution < 1.29 is 4.79 Å². The molecule has 132 valence electrons. The molecule has 0 bridgehead atoms. The summed E-state index contributed by atoms with van der Waals surface area (Å²) >= 11 is 5.05. The normalized spacial score (nSPS) is 12.4. The topological polar surface area (TPSA) is 42.0 Å². The Labute approximate surface area is 160 Å². The molecule has 0 aliphatic carbocycles. The molecule has 0 saturated heterocycles. The molecule has 0 saturated carbocycles. The van der Waals surface area contributed by atoms with Crippen LogP contribution < -0.4 is 5.32 Å². The number of amides is 1. The predicted molar refractivity (Wildman–Crippen MR) is 111 cm³/mol. The van der Waals surface area contributed by atoms with Gasteiger partial charge in [0.2, 0.25) is 0 Å². The molecule has 0 aliphatic heterocycles. The van der Waals surface area contributed by atoms with Gasteiger partial charge in [0.05, 0.1) is 21.1 Å². The number of hydrogen-bond donors (Lipinski definition) is 1. The van der Waals surface area contributed by atoms with Crippen molar-refractivity contribution >= 4 is 50.6 Å². The van der Waals surface area contributed by atoms with Crippen LogP contribution in [-0.4, -0.2) is 22.9 Å². The zero-order chi connectivity index (χ0) is 17.8. The molecule has 1 unspecified atom stereocenters. The van der Waals surface area contributed by atoms with Crippen molar-refractivity contribution in [1.29, 1.82) is 0 Å². The Balaban J connectivity index is 1.83. The summed E-state index contributed by atoms with van der Waals surface area (Å²) in [7, 11) is 0. The summed E-state index contributed by atoms with van der Waals surface area (Å²) in [5.41, 5.74) is 2.27. The Morgan fingerprint density at radius 2 is 2.12 bits per heavy atom. The summed E-state index contributed by atoms with van der Waals surface area (Å²) in [6.45, 7) is 4.21. The molecule has 0 spiro atoms. The van der Waals surface area contributed by atoms with Gasteiger partial charge in [0.15, 0.2) is 0 Å². The Bertz CT molecular complexity index is 836. The number of benzene rings is 1. The quantitative estimate of drug-likeness (QED) is 0.583. The van der Waals surface area contributed by atoms with E-state index < -0.39 is 0 Å². The highest BCUT2D eigenvalue weighted by atomic mass is 32.2. The molecule has 0 aliphatic rings. The van der Waals surface area contributed by atoms with Crippen molar-refractivity contribution in [2.75, 3.05) is 12.0 Å². The van der Waals surface area contributed by atoms with Gasteiger partial charge in [-0.3, -0.25) is 4.79 Å². The number of para-hydroxylation sites is 1. The van der Waals surface area contributed by atoms with Crippen molar-refractivity contribution in [3.8, 4) is 0 Å². The Kier molecular flexibility index (Phi) is 6.15. The minimum Gasteiger partial charge on any atom is -0.342 e. The first-order valence-electron chi connectivity index (χ1n) is 8.37. The van der Waals surface area contributed by atoms with E-state index in [0.717, 1.165) is 34.0 Å². The second-order valence-electron chi connectivity index (χ2n) is 5.87. The van der Waals surface area contributed by atoms with E-state index >= 15 is 0 Å². The van der Waals surface area contributed by atoms with Gasteiger partial charge < -0.3 is 5.32 Å². The van der Waals surface area contributed by atoms with Gasteiger partial charge in [-0.05, 0) is 55.5 Å². The van der Waals surface area contributed by atoms with Crippen LogP contribution in [0.25, 0.3) is 10.2 Å². The molecule has 1 N–H and O–H groups in total. The van der Waals surface area contributed by atoms with E-state index in [1.807, 2.05) is 24.3 Å². The Hall–Kier alpha value is -1.37. The molecule has 3 rings (SSSR count). The molecule has 0 fully saturated rings. The number of aryl methyl sites for hydroxylation is 2. The van der Waals surface area contributed by atoms with Gasteiger partial charge >= 0.3 is 0 Å². The number of hydrogen-bond acceptors (Lipinski definition) is 5. The average Bonchev–Trinajstić information content (AvgIpc) is 3.21. The molecule has 25 heavy (non-hydrogen) atoms. The van der Waals surface area contributed by atoms with Gasteiger partial charge in [-0.15, -0.1) is 22.7 Å². The summed E-state index contributed by atoms with van der Waals surface area (Å²) in [6.07, 6.45) is 3.94. The fourth-order valence-corrected chi connectivity index (χ4v) is 5.29. The number of carbonyl (C=O) groups is 1. The number of nitrogens with zero attached hydrogens (tertiary/aromatic N) is 1. The number of thiazole rings is 1. The molecule has 1 aromatic carbocycles. The largest absolute Gasteiger partial charge is 0.342 e. The first-order chi connectivity index (χ1) is 12.1. The molecule has 2 aromatic heterocycles. The average molecular weight is 391 g/mol. The lowest BCUT2D eigenvalue weighted by Gasteiger charge is -2.15. The van der Waals surface area contributed by atoms with Gasteiger partial charge in [0.1, 0.15) is 5.01 Å². The number of aromatic nitrogens is 1. The fourth-order valence-electron chi connectivity index (χ4n) is 2.74. The van der Waals surface area contributed by atoms with E-state index in [1.165, 1.54) is 15.1 Å². The third kappa shape index (κ3) is 4.25. The summed E-state index contributed by atoms with van der Waals surface area (Å²) in [5.74, 6) is 1.00. The van der Waals surface area contributed by atoms with E-state index in [2.05, 4.69) is 31.5 Å². The minimum atomic E-state index is -0.0372. The van der Waals surface area contributed by atoms with Crippen LogP contribution >= 0.6 is 34.4 Å². The maximum absolute atomic E-state index is 12.8. The number of fused-ring (bicyclic) bond motifs is 1. The van der Waals surface area contributed by atoms with E-state index in [1.54, 1.807) is 34.4 Å². The van der Waals surface area contributed by atoms with E-state index in [9.17, 15) is 4.79 Å². The summed E-state index contributed by atoms with van der Waals surface area (Å²) < 4.78 is 1.17. The van der Waals surface area contributed by atoms with Gasteiger partial charge in [-0.25, -0.2) is 4.98 Å². The molecule has 0 radical (unpaired) electrons. The van der Waals surface area contributed by atoms with Crippen molar-refractivity contribution in [2.24, 2.45) is 0 Å². The lowest BCUT2D eigenvalue weighted by Crippen LogP contribution is -2.28. The van der Waals surface area contributed by atoms with Gasteiger partial charge in [0, 0.05) is 4.88 Å². The highest BCUT2D eigenvalue weighted by Gasteiger charge is 2.21. The molecule has 2 heterocycles. The first-order valence-corrected chi connectivity index (χ1v) is 11.4. The lowest BCUT2D eigenvalue weighted by molar-refractivity contribution is 0.0940. The molecule has 6 heteroatoms. The van der Waals surface area contributed by atoms with Gasteiger partial charge in [-0.2, -0.15) is 11.8 Å². The molecule has 3 aromatic rings. The standard InChI is InChI=1S/C19H22N2OS3/c1-4-13-11-17(24-12(13)2)18(22)20-15(9-10-23-3)19-21-14-7-5-6-8-16(14)25-19/h5-8,11,15H,4,9-10H2,1-3H3,(H,20,22). The summed E-state index contributed by atoms with van der Waals surface area (Å²) in [6, 6.07) is 10.1. The van der Waals surface area contributed by atoms with E-state index in [0.29, 0.717) is 0 Å². The first kappa shape index (κ1) is 18.4. The SMILES string of the molecule is CCc1cc(C(=O)NC(CCSC)c2nc3ccccc3s2)sc1C. The monoisotopic (exact) mass is 390 g/mol. The third-order valence-corrected chi connectivity index (χ3v) is 7.04. The van der Waals surface area contributed by atoms with Crippen molar-refractivity contribution in [1.82, 2.24) is 10.3 Å². The smallest absolute Gasteiger partial charge is 0.261 e. The van der Waals surface area contributed by atoms with E-state index in [4.69, 9.17) is 4.98 Å². The molecule has 3 nitrogen and oxygen atoms in total. The zero-order valence-electron chi connectivity index (χ0n) is 14.7. The van der Waals surface area contributed by atoms with Crippen molar-refractivity contribution in [3.63, 3.8) is 0 Å². The maximum atomic E-state index is 12.8. The number of thioether (sulfide) groups is 1. The van der Waals surface area contributed by atoms with Crippen LogP contribution in [0.4, 0.5) is 0 Å². The van der Waals surface area contributed by atoms with Crippen molar-refractivity contribution in [3.05, 3.63) is 50.7 Å². The number of thiophene rings is 1. The summed E-state index contributed by atoms with van der Waals surface area (Å²) in [4.78, 5) is 19.5. The van der Waals surface area contributed by atoms with Crippen LogP contribution in [0.5, 0.6) is 0 Å². The number of nitrogens with one attached hydrogen (secondary N) is 1. The lowest BCUT2D eigenvalue weighted by atomic mass is 10.2. The highest BCUT2D eigenvalue weighted by molar-refractivity contribution is 7.98. The maximum Gasteiger partial charge on any atom is 0.261 e. The molecule has 1 amide bonds. The zero-order valence-corrected chi connectivity index (χ0v) is 17.1. The molecule has 1 atom stereocenters. The Morgan fingerprint density at radius 3 is 2.80 bits per heavy atom. The predicted octanol–water partition coefficient (Wildman–Crippen LogP) is 5.45. The minimum absolute atomic E-state index is 0.0122. The van der Waals surface area contributed by atoms with Gasteiger partial charge in [-0.1, -0.05) is 19.1 Å². The Morgan fingerprint density at radius 1 is 1.32 bits per heavy atom. The van der Waals surface area contributed by atoms with Crippen LogP contribution in [0.3, 0.4) is 0 Å². The fraction of sp³-hybridized carbons (Fsp3) is 0.368. The molecular formula is C19H22N2OS3. The van der Waals surface area contributed by atoms with Crippen LogP contribution in [0.15, 0.2) is 30.3 Å². The third-order valence-electron chi connectivity index (χ3n) is 4.15.